The van der Waals surface area contributed by atoms with E-state index in [1.165, 1.54) is 24.8 Å². The van der Waals surface area contributed by atoms with Crippen molar-refractivity contribution in [3.8, 4) is 5.75 Å². The van der Waals surface area contributed by atoms with Crippen molar-refractivity contribution in [3.05, 3.63) is 36.8 Å². The van der Waals surface area contributed by atoms with Gasteiger partial charge in [-0.1, -0.05) is 38.8 Å². The molecule has 1 radical (unpaired) electrons. The minimum absolute atomic E-state index is 0.340. The second-order valence-electron chi connectivity index (χ2n) is 3.72. The van der Waals surface area contributed by atoms with Crippen molar-refractivity contribution in [2.24, 2.45) is 0 Å². The molecule has 0 saturated carbocycles. The molecule has 0 aliphatic carbocycles. The summed E-state index contributed by atoms with van der Waals surface area (Å²) < 4.78 is 0. The highest BCUT2D eigenvalue weighted by Gasteiger charge is 2.07. The van der Waals surface area contributed by atoms with Gasteiger partial charge >= 0.3 is 0 Å². The molecule has 1 atom stereocenters. The summed E-state index contributed by atoms with van der Waals surface area (Å²) in [5.41, 5.74) is 1.30. The molecule has 0 saturated heterocycles. The first-order chi connectivity index (χ1) is 6.77. The van der Waals surface area contributed by atoms with Crippen molar-refractivity contribution in [2.45, 2.75) is 38.5 Å². The number of benzene rings is 1. The molecular weight excluding hydrogens is 172 g/mol. The van der Waals surface area contributed by atoms with E-state index in [0.29, 0.717) is 11.7 Å². The van der Waals surface area contributed by atoms with Gasteiger partial charge in [-0.15, -0.1) is 0 Å². The summed E-state index contributed by atoms with van der Waals surface area (Å²) >= 11 is 0. The fourth-order valence-corrected chi connectivity index (χ4v) is 1.67. The Morgan fingerprint density at radius 1 is 1.29 bits per heavy atom. The summed E-state index contributed by atoms with van der Waals surface area (Å²) in [5, 5.41) is 9.17. The molecule has 0 bridgehead atoms. The summed E-state index contributed by atoms with van der Waals surface area (Å²) in [6.45, 7) is 6.18. The average molecular weight is 191 g/mol. The first-order valence-corrected chi connectivity index (χ1v) is 5.36. The van der Waals surface area contributed by atoms with E-state index in [4.69, 9.17) is 0 Å². The van der Waals surface area contributed by atoms with Crippen LogP contribution in [-0.2, 0) is 0 Å². The molecule has 77 valence electrons. The molecule has 1 rings (SSSR count). The van der Waals surface area contributed by atoms with Crippen LogP contribution in [0, 0.1) is 6.92 Å². The summed E-state index contributed by atoms with van der Waals surface area (Å²) in [6, 6.07) is 7.51. The highest BCUT2D eigenvalue weighted by atomic mass is 16.3. The van der Waals surface area contributed by atoms with Crippen LogP contribution in [0.25, 0.3) is 0 Å². The van der Waals surface area contributed by atoms with Crippen LogP contribution in [0.2, 0.25) is 0 Å². The van der Waals surface area contributed by atoms with Crippen molar-refractivity contribution in [1.82, 2.24) is 0 Å². The van der Waals surface area contributed by atoms with Gasteiger partial charge in [-0.2, -0.15) is 0 Å². The molecule has 0 aromatic heterocycles. The average Bonchev–Trinajstić information content (AvgIpc) is 2.21. The van der Waals surface area contributed by atoms with E-state index in [0.717, 1.165) is 6.42 Å². The predicted octanol–water partition coefficient (Wildman–Crippen LogP) is 3.89. The van der Waals surface area contributed by atoms with Gasteiger partial charge in [0.2, 0.25) is 0 Å². The Bertz CT molecular complexity index is 250. The van der Waals surface area contributed by atoms with E-state index in [1.54, 1.807) is 12.1 Å². The number of phenolic OH excluding ortho intramolecular Hbond substituents is 1. The zero-order valence-electron chi connectivity index (χ0n) is 8.87. The van der Waals surface area contributed by atoms with Crippen LogP contribution in [0.1, 0.15) is 44.1 Å². The third kappa shape index (κ3) is 3.06. The molecule has 0 spiro atoms. The highest BCUT2D eigenvalue weighted by Crippen LogP contribution is 2.26. The SMILES string of the molecule is [CH2]CC(CCCC)c1ccc(O)cc1. The second kappa shape index (κ2) is 5.69. The normalized spacial score (nSPS) is 12.7. The zero-order chi connectivity index (χ0) is 10.4. The van der Waals surface area contributed by atoms with Gasteiger partial charge in [0.1, 0.15) is 5.75 Å². The number of hydrogen-bond acceptors (Lipinski definition) is 1. The number of rotatable bonds is 5. The van der Waals surface area contributed by atoms with Gasteiger partial charge in [0.15, 0.2) is 0 Å². The van der Waals surface area contributed by atoms with Gasteiger partial charge in [-0.25, -0.2) is 0 Å². The second-order valence-corrected chi connectivity index (χ2v) is 3.72. The summed E-state index contributed by atoms with van der Waals surface area (Å²) in [4.78, 5) is 0. The zero-order valence-corrected chi connectivity index (χ0v) is 8.87. The van der Waals surface area contributed by atoms with Crippen LogP contribution in [0.3, 0.4) is 0 Å². The first-order valence-electron chi connectivity index (χ1n) is 5.36. The lowest BCUT2D eigenvalue weighted by Gasteiger charge is -2.14. The smallest absolute Gasteiger partial charge is 0.115 e. The molecule has 1 unspecified atom stereocenters. The minimum atomic E-state index is 0.340. The van der Waals surface area contributed by atoms with Crippen LogP contribution in [-0.4, -0.2) is 5.11 Å². The lowest BCUT2D eigenvalue weighted by molar-refractivity contribution is 0.474. The topological polar surface area (TPSA) is 20.2 Å². The van der Waals surface area contributed by atoms with Crippen LogP contribution < -0.4 is 0 Å². The first kappa shape index (κ1) is 11.1. The quantitative estimate of drug-likeness (QED) is 0.748. The van der Waals surface area contributed by atoms with Crippen molar-refractivity contribution < 1.29 is 5.11 Å². The Labute approximate surface area is 86.8 Å². The van der Waals surface area contributed by atoms with Crippen LogP contribution in [0.4, 0.5) is 0 Å². The predicted molar refractivity (Wildman–Crippen MR) is 60.3 cm³/mol. The summed E-state index contributed by atoms with van der Waals surface area (Å²) in [6.07, 6.45) is 4.62. The lowest BCUT2D eigenvalue weighted by Crippen LogP contribution is -1.96. The Morgan fingerprint density at radius 3 is 2.43 bits per heavy atom. The molecular formula is C13H19O. The van der Waals surface area contributed by atoms with Crippen molar-refractivity contribution in [2.75, 3.05) is 0 Å². The fraction of sp³-hybridized carbons (Fsp3) is 0.462. The maximum atomic E-state index is 9.17. The monoisotopic (exact) mass is 191 g/mol. The Balaban J connectivity index is 2.64. The van der Waals surface area contributed by atoms with E-state index >= 15 is 0 Å². The maximum absolute atomic E-state index is 9.17. The van der Waals surface area contributed by atoms with Crippen molar-refractivity contribution in [3.63, 3.8) is 0 Å². The number of unbranched alkanes of at least 4 members (excludes halogenated alkanes) is 1. The van der Waals surface area contributed by atoms with Crippen LogP contribution in [0.15, 0.2) is 24.3 Å². The third-order valence-electron chi connectivity index (χ3n) is 2.62. The summed E-state index contributed by atoms with van der Waals surface area (Å²) in [7, 11) is 0. The number of hydrogen-bond donors (Lipinski definition) is 1. The Morgan fingerprint density at radius 2 is 1.93 bits per heavy atom. The van der Waals surface area contributed by atoms with Gasteiger partial charge in [0, 0.05) is 0 Å². The molecule has 1 heteroatoms. The van der Waals surface area contributed by atoms with Gasteiger partial charge in [0.25, 0.3) is 0 Å². The van der Waals surface area contributed by atoms with Gasteiger partial charge in [-0.05, 0) is 36.5 Å². The number of aromatic hydroxyl groups is 1. The molecule has 14 heavy (non-hydrogen) atoms. The molecule has 0 fully saturated rings. The maximum Gasteiger partial charge on any atom is 0.115 e. The van der Waals surface area contributed by atoms with Crippen LogP contribution >= 0.6 is 0 Å². The third-order valence-corrected chi connectivity index (χ3v) is 2.62. The summed E-state index contributed by atoms with van der Waals surface area (Å²) in [5.74, 6) is 0.891. The highest BCUT2D eigenvalue weighted by molar-refractivity contribution is 5.28. The number of phenols is 1. The van der Waals surface area contributed by atoms with E-state index in [2.05, 4.69) is 13.8 Å². The fourth-order valence-electron chi connectivity index (χ4n) is 1.67. The van der Waals surface area contributed by atoms with E-state index in [1.807, 2.05) is 12.1 Å². The standard InChI is InChI=1S/C13H19O/c1-3-5-6-11(4-2)12-7-9-13(14)10-8-12/h7-11,14H,2-6H2,1H3. The molecule has 1 aromatic carbocycles. The molecule has 0 heterocycles. The molecule has 1 N–H and O–H groups in total. The van der Waals surface area contributed by atoms with Crippen molar-refractivity contribution >= 4 is 0 Å². The molecule has 0 aliphatic rings. The minimum Gasteiger partial charge on any atom is -0.508 e. The van der Waals surface area contributed by atoms with Gasteiger partial charge < -0.3 is 5.11 Å². The molecule has 1 nitrogen and oxygen atoms in total. The van der Waals surface area contributed by atoms with E-state index in [9.17, 15) is 5.11 Å². The van der Waals surface area contributed by atoms with Gasteiger partial charge in [0.05, 0.1) is 0 Å². The van der Waals surface area contributed by atoms with Crippen molar-refractivity contribution in [1.29, 1.82) is 0 Å². The Hall–Kier alpha value is -0.980. The van der Waals surface area contributed by atoms with E-state index < -0.39 is 0 Å². The molecule has 1 aromatic rings. The molecule has 0 aliphatic heterocycles. The lowest BCUT2D eigenvalue weighted by atomic mass is 9.91. The Kier molecular flexibility index (Phi) is 4.51. The van der Waals surface area contributed by atoms with E-state index in [-0.39, 0.29) is 0 Å². The van der Waals surface area contributed by atoms with Crippen LogP contribution in [0.5, 0.6) is 5.75 Å². The largest absolute Gasteiger partial charge is 0.508 e. The molecule has 0 amide bonds. The van der Waals surface area contributed by atoms with Gasteiger partial charge in [-0.3, -0.25) is 0 Å².